The number of hydrogen-bond donors (Lipinski definition) is 0. The van der Waals surface area contributed by atoms with E-state index in [0.717, 1.165) is 37.7 Å². The second-order valence-corrected chi connectivity index (χ2v) is 9.61. The van der Waals surface area contributed by atoms with Crippen molar-refractivity contribution in [2.24, 2.45) is 5.41 Å². The quantitative estimate of drug-likeness (QED) is 0.497. The molecule has 2 saturated heterocycles. The number of carbonyl (C=O) groups is 3. The summed E-state index contributed by atoms with van der Waals surface area (Å²) in [6.07, 6.45) is 6.84. The van der Waals surface area contributed by atoms with Gasteiger partial charge in [-0.25, -0.2) is 4.39 Å². The number of Topliss-reactive ketones (excluding diaryl/α,β-unsaturated/α-hetero) is 1. The first-order valence-electron chi connectivity index (χ1n) is 11.7. The molecule has 0 radical (unpaired) electrons. The molecule has 3 fully saturated rings. The molecule has 7 heteroatoms. The Morgan fingerprint density at radius 1 is 1.12 bits per heavy atom. The van der Waals surface area contributed by atoms with Crippen LogP contribution in [0.15, 0.2) is 24.3 Å². The molecule has 2 bridgehead atoms. The van der Waals surface area contributed by atoms with Crippen LogP contribution < -0.4 is 0 Å². The van der Waals surface area contributed by atoms with Crippen LogP contribution in [0, 0.1) is 11.2 Å². The zero-order chi connectivity index (χ0) is 22.9. The molecule has 0 N–H and O–H groups in total. The molecule has 3 aliphatic rings. The predicted octanol–water partition coefficient (Wildman–Crippen LogP) is 3.47. The fourth-order valence-electron chi connectivity index (χ4n) is 6.06. The molecular formula is C25H33FN2O4. The third-order valence-electron chi connectivity index (χ3n) is 7.90. The summed E-state index contributed by atoms with van der Waals surface area (Å²) in [6, 6.07) is 6.10. The highest BCUT2D eigenvalue weighted by molar-refractivity contribution is 6.08. The van der Waals surface area contributed by atoms with Crippen LogP contribution in [0.25, 0.3) is 0 Å². The van der Waals surface area contributed by atoms with Gasteiger partial charge in [-0.1, -0.05) is 31.4 Å². The average Bonchev–Trinajstić information content (AvgIpc) is 3.13. The molecule has 0 unspecified atom stereocenters. The van der Waals surface area contributed by atoms with Crippen LogP contribution in [0.3, 0.4) is 0 Å². The third kappa shape index (κ3) is 4.07. The standard InChI is InChI=1S/C25H33FN2O4/c1-27(19-6-4-3-5-7-19)23(30)15-25(24(31)32-2)21-13-12-20(14-22(25)29)28(21)16-17-8-10-18(26)11-9-17/h8-11,19-21H,3-7,12-16H2,1-2H3/t20-,21-,25+/m1/s1. The van der Waals surface area contributed by atoms with Crippen LogP contribution in [0.5, 0.6) is 0 Å². The van der Waals surface area contributed by atoms with E-state index in [9.17, 15) is 18.8 Å². The van der Waals surface area contributed by atoms with Crippen molar-refractivity contribution in [2.75, 3.05) is 14.2 Å². The Kier molecular flexibility index (Phi) is 6.65. The van der Waals surface area contributed by atoms with E-state index in [1.165, 1.54) is 25.7 Å². The summed E-state index contributed by atoms with van der Waals surface area (Å²) >= 11 is 0. The van der Waals surface area contributed by atoms with Gasteiger partial charge >= 0.3 is 5.97 Å². The van der Waals surface area contributed by atoms with Crippen molar-refractivity contribution in [3.8, 4) is 0 Å². The fourth-order valence-corrected chi connectivity index (χ4v) is 6.06. The number of hydrogen-bond acceptors (Lipinski definition) is 5. The Balaban J connectivity index is 1.61. The van der Waals surface area contributed by atoms with E-state index >= 15 is 0 Å². The summed E-state index contributed by atoms with van der Waals surface area (Å²) in [5, 5.41) is 0. The summed E-state index contributed by atoms with van der Waals surface area (Å²) in [4.78, 5) is 43.9. The molecule has 174 valence electrons. The number of benzene rings is 1. The molecule has 2 aliphatic heterocycles. The predicted molar refractivity (Wildman–Crippen MR) is 117 cm³/mol. The lowest BCUT2D eigenvalue weighted by Crippen LogP contribution is -2.61. The summed E-state index contributed by atoms with van der Waals surface area (Å²) in [7, 11) is 3.09. The number of piperidine rings is 1. The molecule has 3 atom stereocenters. The number of carbonyl (C=O) groups excluding carboxylic acids is 3. The average molecular weight is 445 g/mol. The van der Waals surface area contributed by atoms with Crippen LogP contribution >= 0.6 is 0 Å². The molecule has 2 heterocycles. The number of nitrogens with zero attached hydrogens (tertiary/aromatic N) is 2. The van der Waals surface area contributed by atoms with E-state index in [1.807, 2.05) is 0 Å². The third-order valence-corrected chi connectivity index (χ3v) is 7.90. The molecular weight excluding hydrogens is 411 g/mol. The first-order valence-corrected chi connectivity index (χ1v) is 11.7. The van der Waals surface area contributed by atoms with E-state index in [0.29, 0.717) is 13.0 Å². The summed E-state index contributed by atoms with van der Waals surface area (Å²) in [5.74, 6) is -1.26. The smallest absolute Gasteiger partial charge is 0.321 e. The summed E-state index contributed by atoms with van der Waals surface area (Å²) in [6.45, 7) is 0.508. The van der Waals surface area contributed by atoms with Crippen molar-refractivity contribution in [1.29, 1.82) is 0 Å². The van der Waals surface area contributed by atoms with Crippen molar-refractivity contribution in [1.82, 2.24) is 9.80 Å². The fraction of sp³-hybridized carbons (Fsp3) is 0.640. The number of amides is 1. The van der Waals surface area contributed by atoms with E-state index in [1.54, 1.807) is 24.1 Å². The number of rotatable bonds is 6. The Morgan fingerprint density at radius 2 is 1.81 bits per heavy atom. The number of methoxy groups -OCH3 is 1. The van der Waals surface area contributed by atoms with E-state index < -0.39 is 17.4 Å². The number of ether oxygens (including phenoxy) is 1. The van der Waals surface area contributed by atoms with Crippen LogP contribution in [0.2, 0.25) is 0 Å². The minimum absolute atomic E-state index is 0.0292. The zero-order valence-electron chi connectivity index (χ0n) is 19.0. The van der Waals surface area contributed by atoms with E-state index in [4.69, 9.17) is 4.74 Å². The monoisotopic (exact) mass is 444 g/mol. The minimum Gasteiger partial charge on any atom is -0.468 e. The van der Waals surface area contributed by atoms with Gasteiger partial charge in [-0.2, -0.15) is 0 Å². The van der Waals surface area contributed by atoms with Gasteiger partial charge in [0.25, 0.3) is 0 Å². The van der Waals surface area contributed by atoms with Crippen molar-refractivity contribution in [3.63, 3.8) is 0 Å². The second kappa shape index (κ2) is 9.30. The lowest BCUT2D eigenvalue weighted by atomic mass is 9.69. The summed E-state index contributed by atoms with van der Waals surface area (Å²) < 4.78 is 18.5. The molecule has 32 heavy (non-hydrogen) atoms. The first-order chi connectivity index (χ1) is 15.4. The van der Waals surface area contributed by atoms with Gasteiger partial charge in [0.15, 0.2) is 11.2 Å². The maximum atomic E-state index is 13.4. The first kappa shape index (κ1) is 22.9. The lowest BCUT2D eigenvalue weighted by molar-refractivity contribution is -0.171. The van der Waals surface area contributed by atoms with Crippen LogP contribution in [-0.4, -0.2) is 59.7 Å². The highest BCUT2D eigenvalue weighted by Gasteiger charge is 2.62. The Bertz CT molecular complexity index is 867. The van der Waals surface area contributed by atoms with Gasteiger partial charge in [0.1, 0.15) is 5.82 Å². The zero-order valence-corrected chi connectivity index (χ0v) is 19.0. The largest absolute Gasteiger partial charge is 0.468 e. The van der Waals surface area contributed by atoms with Gasteiger partial charge < -0.3 is 9.64 Å². The Morgan fingerprint density at radius 3 is 2.47 bits per heavy atom. The Labute approximate surface area is 189 Å². The van der Waals surface area contributed by atoms with Gasteiger partial charge in [0, 0.05) is 38.1 Å². The number of ketones is 1. The molecule has 1 aromatic rings. The van der Waals surface area contributed by atoms with Crippen molar-refractivity contribution in [2.45, 2.75) is 82.5 Å². The van der Waals surface area contributed by atoms with Gasteiger partial charge in [-0.05, 0) is 43.4 Å². The van der Waals surface area contributed by atoms with Crippen molar-refractivity contribution in [3.05, 3.63) is 35.6 Å². The van der Waals surface area contributed by atoms with Crippen LogP contribution in [0.4, 0.5) is 4.39 Å². The maximum absolute atomic E-state index is 13.4. The van der Waals surface area contributed by atoms with E-state index in [-0.39, 0.29) is 42.4 Å². The Hall–Kier alpha value is -2.28. The highest BCUT2D eigenvalue weighted by atomic mass is 19.1. The van der Waals surface area contributed by atoms with Crippen molar-refractivity contribution < 1.29 is 23.5 Å². The molecule has 4 rings (SSSR count). The maximum Gasteiger partial charge on any atom is 0.321 e. The molecule has 0 aromatic heterocycles. The number of halogens is 1. The minimum atomic E-state index is -1.48. The molecule has 1 amide bonds. The molecule has 0 spiro atoms. The molecule has 1 aromatic carbocycles. The van der Waals surface area contributed by atoms with Crippen molar-refractivity contribution >= 4 is 17.7 Å². The van der Waals surface area contributed by atoms with Gasteiger partial charge in [0.05, 0.1) is 13.5 Å². The second-order valence-electron chi connectivity index (χ2n) is 9.61. The number of esters is 1. The van der Waals surface area contributed by atoms with Crippen LogP contribution in [0.1, 0.15) is 63.4 Å². The summed E-state index contributed by atoms with van der Waals surface area (Å²) in [5.41, 5.74) is -0.566. The van der Waals surface area contributed by atoms with Gasteiger partial charge in [-0.15, -0.1) is 0 Å². The number of fused-ring (bicyclic) bond motifs is 2. The SMILES string of the molecule is COC(=O)[C@]1(CC(=O)N(C)C2CCCCC2)C(=O)C[C@H]2CC[C@H]1N2Cc1ccc(F)cc1. The van der Waals surface area contributed by atoms with Gasteiger partial charge in [0.2, 0.25) is 5.91 Å². The molecule has 1 aliphatic carbocycles. The van der Waals surface area contributed by atoms with E-state index in [2.05, 4.69) is 4.90 Å². The normalized spacial score (nSPS) is 28.5. The molecule has 1 saturated carbocycles. The molecule has 6 nitrogen and oxygen atoms in total. The van der Waals surface area contributed by atoms with Crippen LogP contribution in [-0.2, 0) is 25.7 Å². The highest BCUT2D eigenvalue weighted by Crippen LogP contribution is 2.48. The topological polar surface area (TPSA) is 66.9 Å². The van der Waals surface area contributed by atoms with Gasteiger partial charge in [-0.3, -0.25) is 19.3 Å². The lowest BCUT2D eigenvalue weighted by Gasteiger charge is -2.46.